The molecule has 39 heavy (non-hydrogen) atoms. The third kappa shape index (κ3) is 4.77. The Hall–Kier alpha value is -3.80. The van der Waals surface area contributed by atoms with E-state index < -0.39 is 11.6 Å². The number of nitrogens with zero attached hydrogens (tertiary/aromatic N) is 4. The Balaban J connectivity index is 1.23. The van der Waals surface area contributed by atoms with Crippen molar-refractivity contribution in [3.05, 3.63) is 76.1 Å². The van der Waals surface area contributed by atoms with E-state index in [0.29, 0.717) is 60.1 Å². The van der Waals surface area contributed by atoms with Crippen LogP contribution in [-0.4, -0.2) is 63.4 Å². The third-order valence-corrected chi connectivity index (χ3v) is 8.23. The first-order valence-electron chi connectivity index (χ1n) is 13.2. The summed E-state index contributed by atoms with van der Waals surface area (Å²) in [4.78, 5) is 30.3. The number of carbonyl (C=O) groups excluding carboxylic acids is 2. The lowest BCUT2D eigenvalue weighted by atomic mass is 10.0. The standard InChI is InChI=1S/C30H29ClN4O4/c1-33-23-17-20(11-15-30(38)13-5-6-14-30)9-10-25(23)39-19-24(28(33)36)34-16-12-22-26(29(34)37)32-35(27(22)31)18-21-7-3-2-4-8-21/h2-4,7-10,17,24,38H,5-6,12-14,16,18-19H2,1H3. The lowest BCUT2D eigenvalue weighted by molar-refractivity contribution is -0.123. The van der Waals surface area contributed by atoms with Gasteiger partial charge in [0.15, 0.2) is 5.69 Å². The molecule has 2 amide bonds. The summed E-state index contributed by atoms with van der Waals surface area (Å²) in [5.41, 5.74) is 2.33. The minimum atomic E-state index is -0.944. The molecule has 1 fully saturated rings. The van der Waals surface area contributed by atoms with Gasteiger partial charge in [0.25, 0.3) is 11.8 Å². The zero-order valence-electron chi connectivity index (χ0n) is 21.7. The summed E-state index contributed by atoms with van der Waals surface area (Å²) in [5.74, 6) is 6.04. The maximum absolute atomic E-state index is 13.6. The molecule has 3 aromatic rings. The zero-order chi connectivity index (χ0) is 27.1. The van der Waals surface area contributed by atoms with Gasteiger partial charge in [0.05, 0.1) is 12.2 Å². The van der Waals surface area contributed by atoms with Crippen molar-refractivity contribution in [3.63, 3.8) is 0 Å². The monoisotopic (exact) mass is 544 g/mol. The molecule has 1 N–H and O–H groups in total. The van der Waals surface area contributed by atoms with E-state index in [1.165, 1.54) is 4.90 Å². The Kier molecular flexibility index (Phi) is 6.57. The number of fused-ring (bicyclic) bond motifs is 2. The van der Waals surface area contributed by atoms with Crippen LogP contribution in [0.2, 0.25) is 5.15 Å². The summed E-state index contributed by atoms with van der Waals surface area (Å²) in [6.07, 6.45) is 3.79. The number of amides is 2. The Morgan fingerprint density at radius 3 is 2.69 bits per heavy atom. The Bertz CT molecular complexity index is 1500. The van der Waals surface area contributed by atoms with Crippen LogP contribution in [0.15, 0.2) is 48.5 Å². The number of ether oxygens (including phenoxy) is 1. The van der Waals surface area contributed by atoms with E-state index in [9.17, 15) is 14.7 Å². The lowest BCUT2D eigenvalue weighted by Crippen LogP contribution is -2.54. The molecule has 3 heterocycles. The number of hydrogen-bond donors (Lipinski definition) is 1. The van der Waals surface area contributed by atoms with E-state index in [1.54, 1.807) is 28.8 Å². The van der Waals surface area contributed by atoms with Crippen molar-refractivity contribution in [1.29, 1.82) is 0 Å². The molecule has 200 valence electrons. The average molecular weight is 545 g/mol. The molecule has 8 nitrogen and oxygen atoms in total. The number of hydrogen-bond acceptors (Lipinski definition) is 5. The van der Waals surface area contributed by atoms with Crippen molar-refractivity contribution in [2.24, 2.45) is 0 Å². The summed E-state index contributed by atoms with van der Waals surface area (Å²) < 4.78 is 7.69. The summed E-state index contributed by atoms with van der Waals surface area (Å²) in [7, 11) is 1.68. The highest BCUT2D eigenvalue weighted by Crippen LogP contribution is 2.35. The van der Waals surface area contributed by atoms with Gasteiger partial charge < -0.3 is 19.6 Å². The van der Waals surface area contributed by atoms with E-state index in [4.69, 9.17) is 16.3 Å². The Morgan fingerprint density at radius 1 is 1.15 bits per heavy atom. The lowest BCUT2D eigenvalue weighted by Gasteiger charge is -2.33. The molecule has 0 radical (unpaired) electrons. The van der Waals surface area contributed by atoms with Crippen LogP contribution in [0.3, 0.4) is 0 Å². The maximum Gasteiger partial charge on any atom is 0.275 e. The smallest absolute Gasteiger partial charge is 0.275 e. The van der Waals surface area contributed by atoms with Gasteiger partial charge in [-0.05, 0) is 55.9 Å². The fourth-order valence-electron chi connectivity index (χ4n) is 5.56. The highest BCUT2D eigenvalue weighted by atomic mass is 35.5. The molecule has 6 rings (SSSR count). The second kappa shape index (κ2) is 10.1. The van der Waals surface area contributed by atoms with Crippen molar-refractivity contribution >= 4 is 29.1 Å². The van der Waals surface area contributed by atoms with Crippen LogP contribution in [0, 0.1) is 11.8 Å². The van der Waals surface area contributed by atoms with Gasteiger partial charge in [0.1, 0.15) is 29.2 Å². The van der Waals surface area contributed by atoms with E-state index in [1.807, 2.05) is 36.4 Å². The van der Waals surface area contributed by atoms with Crippen LogP contribution in [-0.2, 0) is 17.8 Å². The van der Waals surface area contributed by atoms with E-state index in [0.717, 1.165) is 18.4 Å². The Morgan fingerprint density at radius 2 is 1.92 bits per heavy atom. The van der Waals surface area contributed by atoms with Crippen LogP contribution in [0.1, 0.15) is 52.9 Å². The fraction of sp³-hybridized carbons (Fsp3) is 0.367. The van der Waals surface area contributed by atoms with Gasteiger partial charge in [-0.1, -0.05) is 53.8 Å². The number of halogens is 1. The van der Waals surface area contributed by atoms with Crippen LogP contribution in [0.25, 0.3) is 0 Å². The number of anilines is 1. The summed E-state index contributed by atoms with van der Waals surface area (Å²) in [6.45, 7) is 0.814. The van der Waals surface area contributed by atoms with Gasteiger partial charge in [0.2, 0.25) is 0 Å². The largest absolute Gasteiger partial charge is 0.489 e. The van der Waals surface area contributed by atoms with Crippen molar-refractivity contribution < 1.29 is 19.4 Å². The number of carbonyl (C=O) groups is 2. The van der Waals surface area contributed by atoms with E-state index in [2.05, 4.69) is 16.9 Å². The minimum absolute atomic E-state index is 0.0283. The molecule has 2 aliphatic heterocycles. The first kappa shape index (κ1) is 25.5. The van der Waals surface area contributed by atoms with Crippen molar-refractivity contribution in [2.45, 2.75) is 50.3 Å². The van der Waals surface area contributed by atoms with Gasteiger partial charge >= 0.3 is 0 Å². The number of benzene rings is 2. The van der Waals surface area contributed by atoms with Gasteiger partial charge in [-0.25, -0.2) is 4.68 Å². The summed E-state index contributed by atoms with van der Waals surface area (Å²) >= 11 is 6.62. The van der Waals surface area contributed by atoms with Gasteiger partial charge in [-0.3, -0.25) is 9.59 Å². The molecule has 1 aliphatic carbocycles. The van der Waals surface area contributed by atoms with Crippen LogP contribution in [0.4, 0.5) is 5.69 Å². The Labute approximate surface area is 232 Å². The van der Waals surface area contributed by atoms with Gasteiger partial charge in [-0.2, -0.15) is 5.10 Å². The molecule has 1 unspecified atom stereocenters. The molecule has 0 bridgehead atoms. The SMILES string of the molecule is CN1C(=O)C(N2CCc3c(nn(Cc4ccccc4)c3Cl)C2=O)COc2ccc(C#CC3(O)CCCC3)cc21. The number of rotatable bonds is 3. The number of likely N-dealkylation sites (N-methyl/N-ethyl adjacent to an activating group) is 1. The normalized spacial score (nSPS) is 20.0. The molecular formula is C30H29ClN4O4. The third-order valence-electron chi connectivity index (χ3n) is 7.80. The first-order chi connectivity index (χ1) is 18.8. The van der Waals surface area contributed by atoms with E-state index in [-0.39, 0.29) is 24.1 Å². The van der Waals surface area contributed by atoms with Crippen molar-refractivity contribution in [1.82, 2.24) is 14.7 Å². The van der Waals surface area contributed by atoms with Gasteiger partial charge in [-0.15, -0.1) is 0 Å². The fourth-order valence-corrected chi connectivity index (χ4v) is 5.84. The number of aliphatic hydroxyl groups is 1. The molecule has 1 atom stereocenters. The zero-order valence-corrected chi connectivity index (χ0v) is 22.4. The molecule has 3 aliphatic rings. The van der Waals surface area contributed by atoms with Gasteiger partial charge in [0, 0.05) is 24.7 Å². The summed E-state index contributed by atoms with van der Waals surface area (Å²) in [6, 6.07) is 14.4. The van der Waals surface area contributed by atoms with E-state index >= 15 is 0 Å². The highest BCUT2D eigenvalue weighted by Gasteiger charge is 2.41. The molecule has 1 saturated carbocycles. The van der Waals surface area contributed by atoms with Crippen molar-refractivity contribution in [3.8, 4) is 17.6 Å². The van der Waals surface area contributed by atoms with Crippen LogP contribution in [0.5, 0.6) is 5.75 Å². The quantitative estimate of drug-likeness (QED) is 0.508. The topological polar surface area (TPSA) is 87.9 Å². The minimum Gasteiger partial charge on any atom is -0.489 e. The second-order valence-corrected chi connectivity index (χ2v) is 10.8. The molecule has 1 aromatic heterocycles. The molecular weight excluding hydrogens is 516 g/mol. The average Bonchev–Trinajstić information content (AvgIpc) is 3.49. The molecule has 9 heteroatoms. The molecule has 2 aromatic carbocycles. The van der Waals surface area contributed by atoms with Crippen LogP contribution >= 0.6 is 11.6 Å². The highest BCUT2D eigenvalue weighted by molar-refractivity contribution is 6.31. The molecule has 0 saturated heterocycles. The predicted molar refractivity (Wildman–Crippen MR) is 147 cm³/mol. The van der Waals surface area contributed by atoms with Crippen LogP contribution < -0.4 is 9.64 Å². The predicted octanol–water partition coefficient (Wildman–Crippen LogP) is 3.66. The number of aromatic nitrogens is 2. The van der Waals surface area contributed by atoms with Crippen molar-refractivity contribution in [2.75, 3.05) is 25.1 Å². The summed E-state index contributed by atoms with van der Waals surface area (Å²) in [5, 5.41) is 15.6. The first-order valence-corrected chi connectivity index (χ1v) is 13.6. The maximum atomic E-state index is 13.6. The second-order valence-electron chi connectivity index (χ2n) is 10.4. The molecule has 0 spiro atoms.